The molecule has 1 aromatic rings. The summed E-state index contributed by atoms with van der Waals surface area (Å²) in [5, 5.41) is 7.01. The lowest BCUT2D eigenvalue weighted by atomic mass is 10.1. The lowest BCUT2D eigenvalue weighted by molar-refractivity contribution is -0.00000299. The van der Waals surface area contributed by atoms with E-state index in [2.05, 4.69) is 0 Å². The van der Waals surface area contributed by atoms with Gasteiger partial charge in [0.05, 0.1) is 5.84 Å². The van der Waals surface area contributed by atoms with Gasteiger partial charge >= 0.3 is 0 Å². The number of hydrogen-bond acceptors (Lipinski definition) is 1. The quantitative estimate of drug-likeness (QED) is 0.384. The van der Waals surface area contributed by atoms with E-state index in [4.69, 9.17) is 11.1 Å². The van der Waals surface area contributed by atoms with E-state index in [1.165, 1.54) is 0 Å². The number of nitrogens with one attached hydrogen (secondary N) is 1. The van der Waals surface area contributed by atoms with Gasteiger partial charge < -0.3 is 24.3 Å². The maximum atomic E-state index is 7.01. The second-order valence-corrected chi connectivity index (χ2v) is 2.19. The Morgan fingerprint density at radius 2 is 1.75 bits per heavy atom. The molecule has 1 rings (SSSR count). The minimum Gasteiger partial charge on any atom is -1.00 e. The first-order valence-corrected chi connectivity index (χ1v) is 3.16. The van der Waals surface area contributed by atoms with Gasteiger partial charge in [-0.25, -0.2) is 0 Å². The molecule has 0 aromatic heterocycles. The van der Waals surface area contributed by atoms with Crippen LogP contribution in [0.3, 0.4) is 0 Å². The van der Waals surface area contributed by atoms with Gasteiger partial charge in [-0.15, -0.1) is 0 Å². The summed E-state index contributed by atoms with van der Waals surface area (Å²) in [6.07, 6.45) is 0.556. The third kappa shape index (κ3) is 4.71. The van der Waals surface area contributed by atoms with Crippen LogP contribution in [0.5, 0.6) is 0 Å². The van der Waals surface area contributed by atoms with Crippen LogP contribution in [-0.2, 0) is 6.42 Å². The predicted molar refractivity (Wildman–Crippen MR) is 48.0 cm³/mol. The summed E-state index contributed by atoms with van der Waals surface area (Å²) in [5.74, 6) is 0.214. The number of quaternary nitrogens is 1. The second-order valence-electron chi connectivity index (χ2n) is 2.19. The van der Waals surface area contributed by atoms with Gasteiger partial charge in [0, 0.05) is 6.42 Å². The Morgan fingerprint density at radius 1 is 1.25 bits per heavy atom. The van der Waals surface area contributed by atoms with Crippen molar-refractivity contribution in [2.24, 2.45) is 5.73 Å². The molecule has 0 bridgehead atoms. The molecular formula is C8H14ClN3. The molecule has 1 aromatic carbocycles. The van der Waals surface area contributed by atoms with Crippen molar-refractivity contribution in [1.29, 1.82) is 5.41 Å². The largest absolute Gasteiger partial charge is 1.00 e. The SMILES string of the molecule is N=C(N)Cc1ccccc1.[Cl-].[NH4+]. The van der Waals surface area contributed by atoms with E-state index >= 15 is 0 Å². The maximum Gasteiger partial charge on any atom is 0.0950 e. The first-order chi connectivity index (χ1) is 4.79. The molecule has 0 fully saturated rings. The molecule has 0 radical (unpaired) electrons. The zero-order valence-corrected chi connectivity index (χ0v) is 7.81. The molecule has 0 aliphatic carbocycles. The zero-order valence-electron chi connectivity index (χ0n) is 7.05. The number of nitrogens with two attached hydrogens (primary N) is 1. The van der Waals surface area contributed by atoms with Crippen LogP contribution >= 0.6 is 0 Å². The normalized spacial score (nSPS) is 7.67. The van der Waals surface area contributed by atoms with Crippen molar-refractivity contribution in [1.82, 2.24) is 6.15 Å². The average molecular weight is 188 g/mol. The molecule has 0 spiro atoms. The van der Waals surface area contributed by atoms with Crippen molar-refractivity contribution in [2.45, 2.75) is 6.42 Å². The van der Waals surface area contributed by atoms with Gasteiger partial charge in [-0.3, -0.25) is 5.41 Å². The highest BCUT2D eigenvalue weighted by atomic mass is 35.5. The first-order valence-electron chi connectivity index (χ1n) is 3.16. The second kappa shape index (κ2) is 6.64. The predicted octanol–water partition coefficient (Wildman–Crippen LogP) is -1.45. The third-order valence-corrected chi connectivity index (χ3v) is 1.24. The summed E-state index contributed by atoms with van der Waals surface area (Å²) in [6, 6.07) is 9.75. The Kier molecular flexibility index (Phi) is 7.48. The topological polar surface area (TPSA) is 86.4 Å². The highest BCUT2D eigenvalue weighted by molar-refractivity contribution is 5.79. The molecule has 0 atom stereocenters. The van der Waals surface area contributed by atoms with Crippen molar-refractivity contribution >= 4 is 5.84 Å². The summed E-state index contributed by atoms with van der Waals surface area (Å²) < 4.78 is 0. The standard InChI is InChI=1S/C8H10N2.ClH.H3N/c9-8(10)6-7-4-2-1-3-5-7;;/h1-5H,6H2,(H3,9,10);1H;1H3. The molecule has 0 saturated heterocycles. The average Bonchev–Trinajstić information content (AvgIpc) is 1.88. The third-order valence-electron chi connectivity index (χ3n) is 1.24. The van der Waals surface area contributed by atoms with E-state index in [9.17, 15) is 0 Å². The van der Waals surface area contributed by atoms with Crippen LogP contribution in [-0.4, -0.2) is 5.84 Å². The van der Waals surface area contributed by atoms with Crippen molar-refractivity contribution in [3.63, 3.8) is 0 Å². The van der Waals surface area contributed by atoms with Crippen LogP contribution in [0, 0.1) is 5.41 Å². The molecule has 7 N–H and O–H groups in total. The molecule has 4 heteroatoms. The number of benzene rings is 1. The van der Waals surface area contributed by atoms with Gasteiger partial charge in [0.2, 0.25) is 0 Å². The highest BCUT2D eigenvalue weighted by Gasteiger charge is 1.90. The Bertz CT molecular complexity index is 223. The van der Waals surface area contributed by atoms with Crippen LogP contribution < -0.4 is 24.3 Å². The van der Waals surface area contributed by atoms with Crippen LogP contribution in [0.4, 0.5) is 0 Å². The van der Waals surface area contributed by atoms with Gasteiger partial charge in [-0.2, -0.15) is 0 Å². The lowest BCUT2D eigenvalue weighted by Gasteiger charge is -1.96. The van der Waals surface area contributed by atoms with Crippen molar-refractivity contribution in [2.75, 3.05) is 0 Å². The van der Waals surface area contributed by atoms with Crippen LogP contribution in [0.15, 0.2) is 30.3 Å². The van der Waals surface area contributed by atoms with E-state index in [0.717, 1.165) is 5.56 Å². The van der Waals surface area contributed by atoms with E-state index in [1.54, 1.807) is 0 Å². The van der Waals surface area contributed by atoms with Crippen molar-refractivity contribution in [3.05, 3.63) is 35.9 Å². The Hall–Kier alpha value is -1.06. The van der Waals surface area contributed by atoms with Crippen molar-refractivity contribution < 1.29 is 12.4 Å². The first kappa shape index (κ1) is 13.5. The van der Waals surface area contributed by atoms with Crippen LogP contribution in [0.2, 0.25) is 0 Å². The van der Waals surface area contributed by atoms with Gasteiger partial charge in [0.25, 0.3) is 0 Å². The molecular weight excluding hydrogens is 174 g/mol. The number of amidine groups is 1. The molecule has 0 heterocycles. The number of hydrogen-bond donors (Lipinski definition) is 3. The molecule has 0 saturated carbocycles. The van der Waals surface area contributed by atoms with Gasteiger partial charge in [-0.05, 0) is 5.56 Å². The fourth-order valence-electron chi connectivity index (χ4n) is 0.816. The molecule has 0 unspecified atom stereocenters. The summed E-state index contributed by atoms with van der Waals surface area (Å²) in [7, 11) is 0. The molecule has 0 aliphatic heterocycles. The molecule has 3 nitrogen and oxygen atoms in total. The van der Waals surface area contributed by atoms with Gasteiger partial charge in [0.15, 0.2) is 0 Å². The van der Waals surface area contributed by atoms with Crippen LogP contribution in [0.25, 0.3) is 0 Å². The fourth-order valence-corrected chi connectivity index (χ4v) is 0.816. The Labute approximate surface area is 78.5 Å². The van der Waals surface area contributed by atoms with Gasteiger partial charge in [-0.1, -0.05) is 30.3 Å². The van der Waals surface area contributed by atoms with E-state index < -0.39 is 0 Å². The van der Waals surface area contributed by atoms with E-state index in [1.807, 2.05) is 30.3 Å². The van der Waals surface area contributed by atoms with Gasteiger partial charge in [0.1, 0.15) is 0 Å². The highest BCUT2D eigenvalue weighted by Crippen LogP contribution is 1.97. The Balaban J connectivity index is 0. The van der Waals surface area contributed by atoms with Crippen molar-refractivity contribution in [3.8, 4) is 0 Å². The maximum absolute atomic E-state index is 7.01. The lowest BCUT2D eigenvalue weighted by Crippen LogP contribution is -3.00. The molecule has 0 aliphatic rings. The zero-order chi connectivity index (χ0) is 7.40. The molecule has 12 heavy (non-hydrogen) atoms. The number of halogens is 1. The summed E-state index contributed by atoms with van der Waals surface area (Å²) >= 11 is 0. The summed E-state index contributed by atoms with van der Waals surface area (Å²) in [6.45, 7) is 0. The molecule has 68 valence electrons. The van der Waals surface area contributed by atoms with E-state index in [0.29, 0.717) is 6.42 Å². The number of rotatable bonds is 2. The monoisotopic (exact) mass is 187 g/mol. The molecule has 0 amide bonds. The fraction of sp³-hybridized carbons (Fsp3) is 0.125. The van der Waals surface area contributed by atoms with Crippen LogP contribution in [0.1, 0.15) is 5.56 Å². The smallest absolute Gasteiger partial charge is 0.0950 e. The minimum atomic E-state index is 0. The summed E-state index contributed by atoms with van der Waals surface area (Å²) in [4.78, 5) is 0. The van der Waals surface area contributed by atoms with E-state index in [-0.39, 0.29) is 24.4 Å². The minimum absolute atomic E-state index is 0. The summed E-state index contributed by atoms with van der Waals surface area (Å²) in [5.41, 5.74) is 6.30. The Morgan fingerprint density at radius 3 is 2.17 bits per heavy atom.